The predicted octanol–water partition coefficient (Wildman–Crippen LogP) is 1.07. The monoisotopic (exact) mass is 197 g/mol. The zero-order chi connectivity index (χ0) is 10.1. The Hall–Kier alpha value is -0.120. The molecule has 2 bridgehead atoms. The van der Waals surface area contributed by atoms with Crippen molar-refractivity contribution in [2.45, 2.75) is 50.2 Å². The Balaban J connectivity index is 2.07. The minimum absolute atomic E-state index is 0.751. The van der Waals surface area contributed by atoms with Crippen LogP contribution in [-0.2, 0) is 0 Å². The number of fused-ring (bicyclic) bond motifs is 2. The van der Waals surface area contributed by atoms with Crippen LogP contribution in [0, 0.1) is 0 Å². The normalized spacial score (nSPS) is 39.0. The van der Waals surface area contributed by atoms with Gasteiger partial charge in [0.15, 0.2) is 0 Å². The average molecular weight is 197 g/mol. The summed E-state index contributed by atoms with van der Waals surface area (Å²) in [5, 5.41) is 8.36. The Morgan fingerprint density at radius 3 is 2.14 bits per heavy atom. The van der Waals surface area contributed by atoms with E-state index in [0.29, 0.717) is 0 Å². The van der Waals surface area contributed by atoms with Gasteiger partial charge in [-0.2, -0.15) is 0 Å². The molecule has 0 aromatic carbocycles. The van der Waals surface area contributed by atoms with Gasteiger partial charge in [-0.15, -0.1) is 0 Å². The van der Waals surface area contributed by atoms with Crippen LogP contribution in [0.3, 0.4) is 0 Å². The Kier molecular flexibility index (Phi) is 3.10. The van der Waals surface area contributed by atoms with Crippen molar-refractivity contribution in [1.82, 2.24) is 15.3 Å². The molecule has 3 heteroatoms. The minimum atomic E-state index is 0.751. The third-order valence-corrected chi connectivity index (χ3v) is 3.81. The molecule has 2 unspecified atom stereocenters. The van der Waals surface area contributed by atoms with Crippen molar-refractivity contribution >= 4 is 0 Å². The summed E-state index contributed by atoms with van der Waals surface area (Å²) in [5.41, 5.74) is 0. The van der Waals surface area contributed by atoms with Crippen LogP contribution in [0.5, 0.6) is 0 Å². The molecule has 0 aromatic heterocycles. The van der Waals surface area contributed by atoms with Crippen molar-refractivity contribution in [2.24, 2.45) is 0 Å². The van der Waals surface area contributed by atoms with E-state index in [1.807, 2.05) is 0 Å². The summed E-state index contributed by atoms with van der Waals surface area (Å²) in [7, 11) is 6.47. The van der Waals surface area contributed by atoms with Gasteiger partial charge in [-0.05, 0) is 32.7 Å². The first-order valence-corrected chi connectivity index (χ1v) is 5.85. The van der Waals surface area contributed by atoms with Gasteiger partial charge in [0.2, 0.25) is 0 Å². The second kappa shape index (κ2) is 4.17. The maximum atomic E-state index is 3.45. The van der Waals surface area contributed by atoms with Crippen molar-refractivity contribution in [3.8, 4) is 0 Å². The lowest BCUT2D eigenvalue weighted by molar-refractivity contribution is -0.111. The first-order chi connectivity index (χ1) is 6.72. The molecule has 0 aromatic rings. The topological polar surface area (TPSA) is 18.5 Å². The number of rotatable bonds is 2. The summed E-state index contributed by atoms with van der Waals surface area (Å²) in [6, 6.07) is 2.33. The molecule has 0 spiro atoms. The summed E-state index contributed by atoms with van der Waals surface area (Å²) in [4.78, 5) is 0. The fourth-order valence-corrected chi connectivity index (χ4v) is 3.25. The minimum Gasteiger partial charge on any atom is -0.317 e. The lowest BCUT2D eigenvalue weighted by atomic mass is 9.83. The molecule has 2 rings (SSSR count). The number of hydrogen-bond acceptors (Lipinski definition) is 3. The molecule has 0 aliphatic carbocycles. The highest BCUT2D eigenvalue weighted by molar-refractivity contribution is 4.92. The molecule has 3 nitrogen and oxygen atoms in total. The van der Waals surface area contributed by atoms with Crippen LogP contribution in [0.1, 0.15) is 32.1 Å². The number of nitrogens with zero attached hydrogens (tertiary/aromatic N) is 2. The Morgan fingerprint density at radius 1 is 1.14 bits per heavy atom. The van der Waals surface area contributed by atoms with Gasteiger partial charge in [0.1, 0.15) is 0 Å². The average Bonchev–Trinajstić information content (AvgIpc) is 2.15. The second-order valence-corrected chi connectivity index (χ2v) is 4.92. The fraction of sp³-hybridized carbons (Fsp3) is 1.00. The van der Waals surface area contributed by atoms with Crippen LogP contribution in [0.15, 0.2) is 0 Å². The van der Waals surface area contributed by atoms with E-state index < -0.39 is 0 Å². The van der Waals surface area contributed by atoms with Crippen LogP contribution in [0.4, 0.5) is 0 Å². The summed E-state index contributed by atoms with van der Waals surface area (Å²) in [5.74, 6) is 0. The SMILES string of the molecule is CNC1CC2CCCC(C1)N2N(C)C. The van der Waals surface area contributed by atoms with Crippen molar-refractivity contribution < 1.29 is 0 Å². The van der Waals surface area contributed by atoms with Gasteiger partial charge in [-0.3, -0.25) is 0 Å². The molecule has 2 aliphatic rings. The van der Waals surface area contributed by atoms with Crippen molar-refractivity contribution in [3.05, 3.63) is 0 Å². The Labute approximate surface area is 87.4 Å². The number of hydrazine groups is 1. The van der Waals surface area contributed by atoms with Crippen LogP contribution in [0.2, 0.25) is 0 Å². The van der Waals surface area contributed by atoms with Crippen molar-refractivity contribution in [3.63, 3.8) is 0 Å². The molecular weight excluding hydrogens is 174 g/mol. The number of piperidine rings is 2. The zero-order valence-electron chi connectivity index (χ0n) is 9.66. The molecule has 0 saturated carbocycles. The van der Waals surface area contributed by atoms with E-state index in [1.54, 1.807) is 0 Å². The van der Waals surface area contributed by atoms with Gasteiger partial charge in [0.05, 0.1) is 0 Å². The third-order valence-electron chi connectivity index (χ3n) is 3.81. The van der Waals surface area contributed by atoms with E-state index >= 15 is 0 Å². The smallest absolute Gasteiger partial charge is 0.0263 e. The standard InChI is InChI=1S/C11H23N3/c1-12-9-7-10-5-4-6-11(8-9)14(10)13(2)3/h9-12H,4-8H2,1-3H3. The fourth-order valence-electron chi connectivity index (χ4n) is 3.25. The molecule has 14 heavy (non-hydrogen) atoms. The molecule has 0 radical (unpaired) electrons. The zero-order valence-corrected chi connectivity index (χ0v) is 9.66. The van der Waals surface area contributed by atoms with Crippen LogP contribution in [0.25, 0.3) is 0 Å². The molecule has 2 heterocycles. The summed E-state index contributed by atoms with van der Waals surface area (Å²) in [6.07, 6.45) is 6.84. The molecular formula is C11H23N3. The predicted molar refractivity (Wildman–Crippen MR) is 59.0 cm³/mol. The Bertz CT molecular complexity index is 179. The summed E-state index contributed by atoms with van der Waals surface area (Å²) < 4.78 is 0. The molecule has 0 amide bonds. The maximum Gasteiger partial charge on any atom is 0.0263 e. The number of nitrogens with one attached hydrogen (secondary N) is 1. The van der Waals surface area contributed by atoms with Gasteiger partial charge < -0.3 is 5.32 Å². The molecule has 2 aliphatic heterocycles. The van der Waals surface area contributed by atoms with Gasteiger partial charge in [-0.1, -0.05) is 6.42 Å². The Morgan fingerprint density at radius 2 is 1.71 bits per heavy atom. The first kappa shape index (κ1) is 10.4. The third kappa shape index (κ3) is 1.81. The molecule has 2 fully saturated rings. The van der Waals surface area contributed by atoms with Crippen LogP contribution < -0.4 is 5.32 Å². The highest BCUT2D eigenvalue weighted by atomic mass is 15.6. The summed E-state index contributed by atoms with van der Waals surface area (Å²) in [6.45, 7) is 0. The van der Waals surface area contributed by atoms with Gasteiger partial charge in [0.25, 0.3) is 0 Å². The summed E-state index contributed by atoms with van der Waals surface area (Å²) >= 11 is 0. The van der Waals surface area contributed by atoms with Crippen LogP contribution >= 0.6 is 0 Å². The van der Waals surface area contributed by atoms with E-state index in [4.69, 9.17) is 0 Å². The lowest BCUT2D eigenvalue weighted by Crippen LogP contribution is -2.60. The maximum absolute atomic E-state index is 3.45. The van der Waals surface area contributed by atoms with Crippen molar-refractivity contribution in [1.29, 1.82) is 0 Å². The van der Waals surface area contributed by atoms with Gasteiger partial charge >= 0.3 is 0 Å². The highest BCUT2D eigenvalue weighted by Crippen LogP contribution is 2.34. The molecule has 1 N–H and O–H groups in total. The molecule has 82 valence electrons. The van der Waals surface area contributed by atoms with E-state index in [1.165, 1.54) is 32.1 Å². The van der Waals surface area contributed by atoms with Gasteiger partial charge in [0, 0.05) is 32.2 Å². The lowest BCUT2D eigenvalue weighted by Gasteiger charge is -2.51. The quantitative estimate of drug-likeness (QED) is 0.714. The van der Waals surface area contributed by atoms with Gasteiger partial charge in [-0.25, -0.2) is 10.0 Å². The van der Waals surface area contributed by atoms with E-state index in [9.17, 15) is 0 Å². The molecule has 2 saturated heterocycles. The van der Waals surface area contributed by atoms with E-state index in [2.05, 4.69) is 36.5 Å². The van der Waals surface area contributed by atoms with Crippen LogP contribution in [-0.4, -0.2) is 49.3 Å². The first-order valence-electron chi connectivity index (χ1n) is 5.85. The second-order valence-electron chi connectivity index (χ2n) is 4.92. The van der Waals surface area contributed by atoms with E-state index in [-0.39, 0.29) is 0 Å². The number of hydrogen-bond donors (Lipinski definition) is 1. The van der Waals surface area contributed by atoms with Crippen molar-refractivity contribution in [2.75, 3.05) is 21.1 Å². The van der Waals surface area contributed by atoms with E-state index in [0.717, 1.165) is 18.1 Å². The molecule has 2 atom stereocenters. The largest absolute Gasteiger partial charge is 0.317 e. The highest BCUT2D eigenvalue weighted by Gasteiger charge is 2.38.